The number of nitrogens with zero attached hydrogens (tertiary/aromatic N) is 1. The highest BCUT2D eigenvalue weighted by atomic mass is 16.5. The fourth-order valence-corrected chi connectivity index (χ4v) is 3.25. The lowest BCUT2D eigenvalue weighted by atomic mass is 9.92. The largest absolute Gasteiger partial charge is 0.497 e. The molecule has 0 spiro atoms. The lowest BCUT2D eigenvalue weighted by Gasteiger charge is -2.16. The molecule has 3 rings (SSSR count). The molecule has 2 aromatic rings. The van der Waals surface area contributed by atoms with Gasteiger partial charge in [-0.3, -0.25) is 4.79 Å². The van der Waals surface area contributed by atoms with E-state index in [1.165, 1.54) is 0 Å². The highest BCUT2D eigenvalue weighted by molar-refractivity contribution is 6.05. The Balaban J connectivity index is 1.99. The van der Waals surface area contributed by atoms with Crippen molar-refractivity contribution < 1.29 is 14.3 Å². The Morgan fingerprint density at radius 3 is 2.57 bits per heavy atom. The van der Waals surface area contributed by atoms with Crippen LogP contribution in [0, 0.1) is 0 Å². The first-order valence-electron chi connectivity index (χ1n) is 7.80. The molecule has 1 amide bonds. The second kappa shape index (κ2) is 6.32. The van der Waals surface area contributed by atoms with Crippen molar-refractivity contribution in [2.45, 2.75) is 19.3 Å². The first-order chi connectivity index (χ1) is 11.2. The van der Waals surface area contributed by atoms with Crippen LogP contribution in [-0.2, 0) is 11.2 Å². The molecule has 0 unspecified atom stereocenters. The monoisotopic (exact) mass is 311 g/mol. The van der Waals surface area contributed by atoms with E-state index < -0.39 is 0 Å². The van der Waals surface area contributed by atoms with Crippen LogP contribution in [0.1, 0.15) is 24.0 Å². The smallest absolute Gasteiger partial charge is 0.234 e. The van der Waals surface area contributed by atoms with Crippen LogP contribution in [0.2, 0.25) is 0 Å². The van der Waals surface area contributed by atoms with Crippen LogP contribution in [0.3, 0.4) is 0 Å². The van der Waals surface area contributed by atoms with Gasteiger partial charge in [0.1, 0.15) is 11.5 Å². The summed E-state index contributed by atoms with van der Waals surface area (Å²) in [7, 11) is 3.29. The molecule has 1 atom stereocenters. The molecule has 1 aliphatic heterocycles. The van der Waals surface area contributed by atoms with Crippen LogP contribution < -0.4 is 14.4 Å². The Labute approximate surface area is 136 Å². The minimum atomic E-state index is -0.174. The molecule has 1 aliphatic rings. The van der Waals surface area contributed by atoms with E-state index >= 15 is 0 Å². The van der Waals surface area contributed by atoms with Gasteiger partial charge < -0.3 is 14.4 Å². The Hall–Kier alpha value is -2.49. The second-order valence-electron chi connectivity index (χ2n) is 5.58. The van der Waals surface area contributed by atoms with Crippen LogP contribution in [0.15, 0.2) is 42.5 Å². The maximum Gasteiger partial charge on any atom is 0.234 e. The average molecular weight is 311 g/mol. The molecule has 0 radical (unpaired) electrons. The van der Waals surface area contributed by atoms with Crippen molar-refractivity contribution in [1.82, 2.24) is 0 Å². The minimum Gasteiger partial charge on any atom is -0.497 e. The van der Waals surface area contributed by atoms with Crippen LogP contribution in [0.5, 0.6) is 11.5 Å². The molecule has 0 saturated carbocycles. The number of ether oxygens (including phenoxy) is 2. The molecule has 1 heterocycles. The summed E-state index contributed by atoms with van der Waals surface area (Å²) in [4.78, 5) is 14.7. The van der Waals surface area contributed by atoms with Crippen LogP contribution in [0.25, 0.3) is 0 Å². The molecule has 23 heavy (non-hydrogen) atoms. The maximum absolute atomic E-state index is 12.8. The van der Waals surface area contributed by atoms with E-state index in [1.54, 1.807) is 14.2 Å². The Kier molecular flexibility index (Phi) is 4.24. The van der Waals surface area contributed by atoms with Crippen LogP contribution >= 0.6 is 0 Å². The standard InChI is InChI=1S/C19H21NO3/c1-4-20-17-8-6-5-7-15(17)16(19(20)21)12-13-11-14(22-2)9-10-18(13)23-3/h5-11,16H,4,12H2,1-3H3/t16-/m1/s1. The molecular formula is C19H21NO3. The maximum atomic E-state index is 12.8. The number of benzene rings is 2. The van der Waals surface area contributed by atoms with Crippen molar-refractivity contribution in [1.29, 1.82) is 0 Å². The van der Waals surface area contributed by atoms with Crippen molar-refractivity contribution in [3.05, 3.63) is 53.6 Å². The predicted molar refractivity (Wildman–Crippen MR) is 90.5 cm³/mol. The summed E-state index contributed by atoms with van der Waals surface area (Å²) in [6, 6.07) is 13.7. The van der Waals surface area contributed by atoms with Crippen molar-refractivity contribution in [3.8, 4) is 11.5 Å². The van der Waals surface area contributed by atoms with Gasteiger partial charge in [0.2, 0.25) is 5.91 Å². The van der Waals surface area contributed by atoms with Crippen molar-refractivity contribution in [2.75, 3.05) is 25.7 Å². The quantitative estimate of drug-likeness (QED) is 0.849. The summed E-state index contributed by atoms with van der Waals surface area (Å²) in [6.07, 6.45) is 0.604. The SMILES string of the molecule is CCN1C(=O)[C@H](Cc2cc(OC)ccc2OC)c2ccccc21. The number of likely N-dealkylation sites (N-methyl/N-ethyl adjacent to an activating group) is 1. The number of amides is 1. The lowest BCUT2D eigenvalue weighted by molar-refractivity contribution is -0.119. The first-order valence-corrected chi connectivity index (χ1v) is 7.80. The topological polar surface area (TPSA) is 38.8 Å². The van der Waals surface area contributed by atoms with Gasteiger partial charge in [0.15, 0.2) is 0 Å². The van der Waals surface area contributed by atoms with E-state index in [0.29, 0.717) is 13.0 Å². The summed E-state index contributed by atoms with van der Waals surface area (Å²) in [5.41, 5.74) is 3.09. The van der Waals surface area contributed by atoms with Gasteiger partial charge in [-0.1, -0.05) is 18.2 Å². The van der Waals surface area contributed by atoms with Crippen molar-refractivity contribution in [2.24, 2.45) is 0 Å². The zero-order valence-electron chi connectivity index (χ0n) is 13.7. The summed E-state index contributed by atoms with van der Waals surface area (Å²) >= 11 is 0. The first kappa shape index (κ1) is 15.4. The molecule has 0 saturated heterocycles. The number of carbonyl (C=O) groups excluding carboxylic acids is 1. The Morgan fingerprint density at radius 1 is 1.09 bits per heavy atom. The fraction of sp³-hybridized carbons (Fsp3) is 0.316. The summed E-state index contributed by atoms with van der Waals surface area (Å²) in [5, 5.41) is 0. The molecule has 0 bridgehead atoms. The highest BCUT2D eigenvalue weighted by Gasteiger charge is 2.36. The van der Waals surface area contributed by atoms with Gasteiger partial charge in [-0.15, -0.1) is 0 Å². The van der Waals surface area contributed by atoms with Crippen molar-refractivity contribution >= 4 is 11.6 Å². The number of hydrogen-bond acceptors (Lipinski definition) is 3. The molecule has 4 heteroatoms. The number of anilines is 1. The fourth-order valence-electron chi connectivity index (χ4n) is 3.25. The third kappa shape index (κ3) is 2.65. The van der Waals surface area contributed by atoms with E-state index in [1.807, 2.05) is 54.3 Å². The van der Waals surface area contributed by atoms with Crippen molar-refractivity contribution in [3.63, 3.8) is 0 Å². The van der Waals surface area contributed by atoms with Gasteiger partial charge in [0, 0.05) is 12.2 Å². The zero-order chi connectivity index (χ0) is 16.4. The zero-order valence-corrected chi connectivity index (χ0v) is 13.7. The Bertz CT molecular complexity index is 726. The van der Waals surface area contributed by atoms with E-state index in [9.17, 15) is 4.79 Å². The summed E-state index contributed by atoms with van der Waals surface area (Å²) < 4.78 is 10.8. The number of hydrogen-bond donors (Lipinski definition) is 0. The molecule has 0 aromatic heterocycles. The molecule has 0 fully saturated rings. The third-order valence-electron chi connectivity index (χ3n) is 4.39. The highest BCUT2D eigenvalue weighted by Crippen LogP contribution is 2.40. The number of rotatable bonds is 5. The lowest BCUT2D eigenvalue weighted by Crippen LogP contribution is -2.29. The van der Waals surface area contributed by atoms with E-state index in [-0.39, 0.29) is 11.8 Å². The number of fused-ring (bicyclic) bond motifs is 1. The van der Waals surface area contributed by atoms with E-state index in [0.717, 1.165) is 28.3 Å². The van der Waals surface area contributed by atoms with Crippen LogP contribution in [0.4, 0.5) is 5.69 Å². The van der Waals surface area contributed by atoms with Gasteiger partial charge >= 0.3 is 0 Å². The van der Waals surface area contributed by atoms with Gasteiger partial charge in [-0.2, -0.15) is 0 Å². The second-order valence-corrected chi connectivity index (χ2v) is 5.58. The van der Waals surface area contributed by atoms with E-state index in [2.05, 4.69) is 0 Å². The average Bonchev–Trinajstić information content (AvgIpc) is 2.86. The Morgan fingerprint density at radius 2 is 1.87 bits per heavy atom. The number of carbonyl (C=O) groups is 1. The summed E-state index contributed by atoms with van der Waals surface area (Å²) in [5.74, 6) is 1.53. The van der Waals surface area contributed by atoms with Gasteiger partial charge in [0.25, 0.3) is 0 Å². The predicted octanol–water partition coefficient (Wildman–Crippen LogP) is 3.40. The molecule has 0 N–H and O–H groups in total. The van der Waals surface area contributed by atoms with E-state index in [4.69, 9.17) is 9.47 Å². The van der Waals surface area contributed by atoms with Crippen LogP contribution in [-0.4, -0.2) is 26.7 Å². The van der Waals surface area contributed by atoms with Gasteiger partial charge in [-0.25, -0.2) is 0 Å². The summed E-state index contributed by atoms with van der Waals surface area (Å²) in [6.45, 7) is 2.69. The molecule has 4 nitrogen and oxygen atoms in total. The van der Waals surface area contributed by atoms with Gasteiger partial charge in [-0.05, 0) is 48.7 Å². The molecular weight excluding hydrogens is 290 g/mol. The normalized spacial score (nSPS) is 16.4. The molecule has 0 aliphatic carbocycles. The third-order valence-corrected chi connectivity index (χ3v) is 4.39. The molecule has 120 valence electrons. The number of methoxy groups -OCH3 is 2. The molecule has 2 aromatic carbocycles. The van der Waals surface area contributed by atoms with Gasteiger partial charge in [0.05, 0.1) is 20.1 Å². The minimum absolute atomic E-state index is 0.151. The number of para-hydroxylation sites is 1.